The first-order valence-corrected chi connectivity index (χ1v) is 5.67. The SMILES string of the molecule is NC(=O)c1cccc(Nc2c(F)cccc2C(=O)O)c1. The van der Waals surface area contributed by atoms with Crippen LogP contribution in [0.15, 0.2) is 42.5 Å². The first kappa shape index (κ1) is 13.5. The lowest BCUT2D eigenvalue weighted by Gasteiger charge is -2.11. The highest BCUT2D eigenvalue weighted by Gasteiger charge is 2.14. The first-order chi connectivity index (χ1) is 9.49. The van der Waals surface area contributed by atoms with Crippen molar-refractivity contribution in [1.29, 1.82) is 0 Å². The van der Waals surface area contributed by atoms with Gasteiger partial charge >= 0.3 is 5.97 Å². The number of carboxylic acid groups (broad SMARTS) is 1. The molecule has 0 aromatic heterocycles. The number of hydrogen-bond donors (Lipinski definition) is 3. The lowest BCUT2D eigenvalue weighted by molar-refractivity contribution is 0.0697. The van der Waals surface area contributed by atoms with Crippen LogP contribution in [0.4, 0.5) is 15.8 Å². The summed E-state index contributed by atoms with van der Waals surface area (Å²) >= 11 is 0. The van der Waals surface area contributed by atoms with Gasteiger partial charge in [-0.15, -0.1) is 0 Å². The summed E-state index contributed by atoms with van der Waals surface area (Å²) in [5.74, 6) is -2.58. The van der Waals surface area contributed by atoms with Crippen LogP contribution in [-0.4, -0.2) is 17.0 Å². The average molecular weight is 274 g/mol. The number of primary amides is 1. The quantitative estimate of drug-likeness (QED) is 0.798. The maximum Gasteiger partial charge on any atom is 0.337 e. The van der Waals surface area contributed by atoms with E-state index in [4.69, 9.17) is 10.8 Å². The second kappa shape index (κ2) is 5.40. The van der Waals surface area contributed by atoms with Crippen LogP contribution in [0.5, 0.6) is 0 Å². The van der Waals surface area contributed by atoms with E-state index in [1.165, 1.54) is 24.3 Å². The molecule has 20 heavy (non-hydrogen) atoms. The van der Waals surface area contributed by atoms with Crippen molar-refractivity contribution in [1.82, 2.24) is 0 Å². The number of nitrogens with two attached hydrogens (primary N) is 1. The predicted molar refractivity (Wildman–Crippen MR) is 71.6 cm³/mol. The number of rotatable bonds is 4. The molecule has 102 valence electrons. The maximum atomic E-state index is 13.7. The van der Waals surface area contributed by atoms with Gasteiger partial charge in [-0.3, -0.25) is 4.79 Å². The number of anilines is 2. The molecule has 0 atom stereocenters. The molecule has 6 heteroatoms. The van der Waals surface area contributed by atoms with Gasteiger partial charge < -0.3 is 16.2 Å². The van der Waals surface area contributed by atoms with E-state index in [-0.39, 0.29) is 16.8 Å². The summed E-state index contributed by atoms with van der Waals surface area (Å²) in [5.41, 5.74) is 5.39. The fourth-order valence-corrected chi connectivity index (χ4v) is 1.72. The minimum atomic E-state index is -1.25. The minimum Gasteiger partial charge on any atom is -0.478 e. The average Bonchev–Trinajstić information content (AvgIpc) is 2.41. The van der Waals surface area contributed by atoms with Gasteiger partial charge in [0.1, 0.15) is 5.82 Å². The van der Waals surface area contributed by atoms with Crippen LogP contribution >= 0.6 is 0 Å². The largest absolute Gasteiger partial charge is 0.478 e. The van der Waals surface area contributed by atoms with Crippen LogP contribution in [0.1, 0.15) is 20.7 Å². The number of amides is 1. The normalized spacial score (nSPS) is 10.1. The van der Waals surface area contributed by atoms with Gasteiger partial charge in [-0.2, -0.15) is 0 Å². The molecule has 0 radical (unpaired) electrons. The standard InChI is InChI=1S/C14H11FN2O3/c15-11-6-2-5-10(14(19)20)12(11)17-9-4-1-3-8(7-9)13(16)18/h1-7,17H,(H2,16,18)(H,19,20). The highest BCUT2D eigenvalue weighted by atomic mass is 19.1. The number of carboxylic acids is 1. The van der Waals surface area contributed by atoms with Crippen LogP contribution in [-0.2, 0) is 0 Å². The number of para-hydroxylation sites is 1. The Hall–Kier alpha value is -2.89. The van der Waals surface area contributed by atoms with Crippen molar-refractivity contribution < 1.29 is 19.1 Å². The molecule has 1 amide bonds. The van der Waals surface area contributed by atoms with Crippen LogP contribution in [0.3, 0.4) is 0 Å². The summed E-state index contributed by atoms with van der Waals surface area (Å²) in [4.78, 5) is 22.1. The third kappa shape index (κ3) is 2.74. The number of carbonyl (C=O) groups excluding carboxylic acids is 1. The van der Waals surface area contributed by atoms with Crippen molar-refractivity contribution in [3.63, 3.8) is 0 Å². The first-order valence-electron chi connectivity index (χ1n) is 5.67. The fraction of sp³-hybridized carbons (Fsp3) is 0. The highest BCUT2D eigenvalue weighted by Crippen LogP contribution is 2.24. The van der Waals surface area contributed by atoms with E-state index in [1.54, 1.807) is 12.1 Å². The number of aromatic carboxylic acids is 1. The second-order valence-corrected chi connectivity index (χ2v) is 4.04. The molecule has 0 saturated heterocycles. The Morgan fingerprint density at radius 1 is 1.15 bits per heavy atom. The maximum absolute atomic E-state index is 13.7. The molecule has 0 fully saturated rings. The molecule has 0 heterocycles. The molecule has 0 unspecified atom stereocenters. The van der Waals surface area contributed by atoms with Crippen LogP contribution in [0.2, 0.25) is 0 Å². The molecular formula is C14H11FN2O3. The second-order valence-electron chi connectivity index (χ2n) is 4.04. The molecule has 0 bridgehead atoms. The van der Waals surface area contributed by atoms with Crippen molar-refractivity contribution in [2.24, 2.45) is 5.73 Å². The molecule has 2 rings (SSSR count). The summed E-state index contributed by atoms with van der Waals surface area (Å²) in [7, 11) is 0. The van der Waals surface area contributed by atoms with Gasteiger partial charge in [0.15, 0.2) is 0 Å². The van der Waals surface area contributed by atoms with Crippen molar-refractivity contribution in [2.75, 3.05) is 5.32 Å². The molecule has 0 aliphatic heterocycles. The van der Waals surface area contributed by atoms with E-state index in [0.717, 1.165) is 6.07 Å². The molecule has 0 aliphatic rings. The van der Waals surface area contributed by atoms with Crippen molar-refractivity contribution in [2.45, 2.75) is 0 Å². The highest BCUT2D eigenvalue weighted by molar-refractivity contribution is 5.96. The molecule has 4 N–H and O–H groups in total. The molecule has 0 aliphatic carbocycles. The van der Waals surface area contributed by atoms with Gasteiger partial charge in [0, 0.05) is 11.3 Å². The third-order valence-corrected chi connectivity index (χ3v) is 2.66. The minimum absolute atomic E-state index is 0.165. The Morgan fingerprint density at radius 3 is 2.50 bits per heavy atom. The number of hydrogen-bond acceptors (Lipinski definition) is 3. The summed E-state index contributed by atoms with van der Waals surface area (Å²) in [6, 6.07) is 9.80. The van der Waals surface area contributed by atoms with Crippen LogP contribution < -0.4 is 11.1 Å². The van der Waals surface area contributed by atoms with Crippen molar-refractivity contribution in [3.8, 4) is 0 Å². The van der Waals surface area contributed by atoms with E-state index in [2.05, 4.69) is 5.32 Å². The van der Waals surface area contributed by atoms with Gasteiger partial charge in [0.2, 0.25) is 5.91 Å². The van der Waals surface area contributed by atoms with E-state index in [0.29, 0.717) is 5.69 Å². The number of benzene rings is 2. The molecule has 2 aromatic carbocycles. The summed E-state index contributed by atoms with van der Waals surface area (Å²) < 4.78 is 13.7. The van der Waals surface area contributed by atoms with E-state index >= 15 is 0 Å². The lowest BCUT2D eigenvalue weighted by atomic mass is 10.1. The Balaban J connectivity index is 2.42. The number of nitrogens with one attached hydrogen (secondary N) is 1. The van der Waals surface area contributed by atoms with Gasteiger partial charge in [-0.05, 0) is 30.3 Å². The summed E-state index contributed by atoms with van der Waals surface area (Å²) in [5, 5.41) is 11.7. The molecule has 5 nitrogen and oxygen atoms in total. The smallest absolute Gasteiger partial charge is 0.337 e. The monoisotopic (exact) mass is 274 g/mol. The summed E-state index contributed by atoms with van der Waals surface area (Å²) in [6.45, 7) is 0. The molecular weight excluding hydrogens is 263 g/mol. The van der Waals surface area contributed by atoms with E-state index in [1.807, 2.05) is 0 Å². The van der Waals surface area contributed by atoms with Crippen molar-refractivity contribution >= 4 is 23.3 Å². The zero-order chi connectivity index (χ0) is 14.7. The fourth-order valence-electron chi connectivity index (χ4n) is 1.72. The van der Waals surface area contributed by atoms with Gasteiger partial charge in [-0.25, -0.2) is 9.18 Å². The van der Waals surface area contributed by atoms with E-state index in [9.17, 15) is 14.0 Å². The third-order valence-electron chi connectivity index (χ3n) is 2.66. The summed E-state index contributed by atoms with van der Waals surface area (Å²) in [6.07, 6.45) is 0. The Bertz CT molecular complexity index is 686. The van der Waals surface area contributed by atoms with Crippen LogP contribution in [0, 0.1) is 5.82 Å². The predicted octanol–water partition coefficient (Wildman–Crippen LogP) is 2.37. The van der Waals surface area contributed by atoms with Gasteiger partial charge in [0.25, 0.3) is 0 Å². The molecule has 0 spiro atoms. The lowest BCUT2D eigenvalue weighted by Crippen LogP contribution is -2.11. The number of carbonyl (C=O) groups is 2. The topological polar surface area (TPSA) is 92.4 Å². The molecule has 2 aromatic rings. The van der Waals surface area contributed by atoms with Gasteiger partial charge in [0.05, 0.1) is 11.3 Å². The Morgan fingerprint density at radius 2 is 1.85 bits per heavy atom. The van der Waals surface area contributed by atoms with E-state index < -0.39 is 17.7 Å². The van der Waals surface area contributed by atoms with Crippen molar-refractivity contribution in [3.05, 3.63) is 59.4 Å². The van der Waals surface area contributed by atoms with Crippen LogP contribution in [0.25, 0.3) is 0 Å². The molecule has 0 saturated carbocycles. The zero-order valence-electron chi connectivity index (χ0n) is 10.3. The Labute approximate surface area is 113 Å². The number of halogens is 1. The zero-order valence-corrected chi connectivity index (χ0v) is 10.3. The Kier molecular flexibility index (Phi) is 3.65. The van der Waals surface area contributed by atoms with Gasteiger partial charge in [-0.1, -0.05) is 12.1 Å².